The van der Waals surface area contributed by atoms with Crippen LogP contribution in [0, 0.1) is 17.8 Å². The minimum Gasteiger partial charge on any atom is -0.309 e. The zero-order valence-corrected chi connectivity index (χ0v) is 13.0. The Bertz CT molecular complexity index is 325. The highest BCUT2D eigenvalue weighted by Gasteiger charge is 2.30. The molecule has 1 aromatic rings. The highest BCUT2D eigenvalue weighted by Crippen LogP contribution is 2.39. The van der Waals surface area contributed by atoms with Crippen molar-refractivity contribution in [2.24, 2.45) is 17.8 Å². The lowest BCUT2D eigenvalue weighted by Gasteiger charge is -2.33. The molecule has 1 unspecified atom stereocenters. The van der Waals surface area contributed by atoms with Crippen LogP contribution in [0.25, 0.3) is 0 Å². The number of nitrogens with one attached hydrogen (secondary N) is 1. The van der Waals surface area contributed by atoms with E-state index in [1.54, 1.807) is 11.3 Å². The van der Waals surface area contributed by atoms with Crippen LogP contribution in [0.1, 0.15) is 45.5 Å². The van der Waals surface area contributed by atoms with Gasteiger partial charge in [0.05, 0.1) is 5.02 Å². The summed E-state index contributed by atoms with van der Waals surface area (Å²) < 4.78 is 0. The third kappa shape index (κ3) is 3.70. The molecule has 1 nitrogen and oxygen atoms in total. The predicted molar refractivity (Wildman–Crippen MR) is 78.9 cm³/mol. The average Bonchev–Trinajstić information content (AvgIpc) is 2.62. The molecule has 98 valence electrons. The van der Waals surface area contributed by atoms with Gasteiger partial charge < -0.3 is 5.32 Å². The molecule has 1 rings (SSSR count). The SMILES string of the molecule is CCNC(c1sccc1Cl)C(C(C)C)C(C)C. The minimum atomic E-state index is 0.382. The lowest BCUT2D eigenvalue weighted by Crippen LogP contribution is -2.33. The van der Waals surface area contributed by atoms with E-state index in [4.69, 9.17) is 11.6 Å². The zero-order chi connectivity index (χ0) is 13.0. The molecule has 0 aliphatic rings. The maximum Gasteiger partial charge on any atom is 0.0561 e. The molecule has 17 heavy (non-hydrogen) atoms. The Morgan fingerprint density at radius 2 is 1.82 bits per heavy atom. The van der Waals surface area contributed by atoms with Gasteiger partial charge in [0.2, 0.25) is 0 Å². The fraction of sp³-hybridized carbons (Fsp3) is 0.714. The first-order valence-corrected chi connectivity index (χ1v) is 7.71. The average molecular weight is 274 g/mol. The molecule has 0 spiro atoms. The van der Waals surface area contributed by atoms with Crippen LogP contribution in [0.15, 0.2) is 11.4 Å². The second kappa shape index (κ2) is 6.77. The quantitative estimate of drug-likeness (QED) is 0.771. The Kier molecular flexibility index (Phi) is 5.98. The van der Waals surface area contributed by atoms with Crippen LogP contribution in [0.5, 0.6) is 0 Å². The van der Waals surface area contributed by atoms with Gasteiger partial charge in [-0.1, -0.05) is 46.2 Å². The summed E-state index contributed by atoms with van der Waals surface area (Å²) >= 11 is 8.06. The lowest BCUT2D eigenvalue weighted by atomic mass is 9.79. The zero-order valence-electron chi connectivity index (χ0n) is 11.5. The second-order valence-electron chi connectivity index (χ2n) is 5.23. The van der Waals surface area contributed by atoms with Gasteiger partial charge in [-0.3, -0.25) is 0 Å². The predicted octanol–water partition coefficient (Wildman–Crippen LogP) is 4.98. The molecule has 0 fully saturated rings. The Morgan fingerprint density at radius 1 is 1.24 bits per heavy atom. The normalized spacial score (nSPS) is 13.9. The molecule has 0 radical (unpaired) electrons. The number of hydrogen-bond donors (Lipinski definition) is 1. The van der Waals surface area contributed by atoms with Crippen LogP contribution in [-0.4, -0.2) is 6.54 Å². The van der Waals surface area contributed by atoms with Crippen molar-refractivity contribution in [3.63, 3.8) is 0 Å². The Hall–Kier alpha value is -0.0500. The third-order valence-corrected chi connectivity index (χ3v) is 4.72. The summed E-state index contributed by atoms with van der Waals surface area (Å²) in [5.41, 5.74) is 0. The van der Waals surface area contributed by atoms with Crippen molar-refractivity contribution in [3.8, 4) is 0 Å². The topological polar surface area (TPSA) is 12.0 Å². The van der Waals surface area contributed by atoms with Crippen LogP contribution in [0.3, 0.4) is 0 Å². The van der Waals surface area contributed by atoms with Crippen molar-refractivity contribution < 1.29 is 0 Å². The Morgan fingerprint density at radius 3 is 2.18 bits per heavy atom. The van der Waals surface area contributed by atoms with Crippen molar-refractivity contribution in [2.45, 2.75) is 40.7 Å². The summed E-state index contributed by atoms with van der Waals surface area (Å²) in [4.78, 5) is 1.29. The standard InChI is InChI=1S/C14H24ClNS/c1-6-16-13(12(9(2)3)10(4)5)14-11(15)7-8-17-14/h7-10,12-13,16H,6H2,1-5H3. The van der Waals surface area contributed by atoms with E-state index in [2.05, 4.69) is 45.3 Å². The molecule has 1 atom stereocenters. The highest BCUT2D eigenvalue weighted by molar-refractivity contribution is 7.10. The molecule has 0 amide bonds. The van der Waals surface area contributed by atoms with E-state index in [9.17, 15) is 0 Å². The molecule has 0 saturated carbocycles. The van der Waals surface area contributed by atoms with Crippen LogP contribution in [-0.2, 0) is 0 Å². The van der Waals surface area contributed by atoms with Crippen LogP contribution in [0.4, 0.5) is 0 Å². The van der Waals surface area contributed by atoms with Gasteiger partial charge in [0.15, 0.2) is 0 Å². The molecule has 0 aliphatic carbocycles. The number of thiophene rings is 1. The van der Waals surface area contributed by atoms with Crippen LogP contribution in [0.2, 0.25) is 5.02 Å². The Balaban J connectivity index is 3.02. The van der Waals surface area contributed by atoms with Gasteiger partial charge >= 0.3 is 0 Å². The summed E-state index contributed by atoms with van der Waals surface area (Å²) in [6.45, 7) is 12.3. The molecular weight excluding hydrogens is 250 g/mol. The minimum absolute atomic E-state index is 0.382. The molecular formula is C14H24ClNS. The first kappa shape index (κ1) is 15.0. The van der Waals surface area contributed by atoms with Gasteiger partial charge in [-0.2, -0.15) is 0 Å². The van der Waals surface area contributed by atoms with Gasteiger partial charge in [-0.05, 0) is 35.7 Å². The first-order valence-electron chi connectivity index (χ1n) is 6.45. The number of hydrogen-bond acceptors (Lipinski definition) is 2. The summed E-state index contributed by atoms with van der Waals surface area (Å²) in [7, 11) is 0. The van der Waals surface area contributed by atoms with E-state index in [-0.39, 0.29) is 0 Å². The molecule has 1 heterocycles. The maximum atomic E-state index is 6.29. The smallest absolute Gasteiger partial charge is 0.0561 e. The monoisotopic (exact) mass is 273 g/mol. The molecule has 0 bridgehead atoms. The largest absolute Gasteiger partial charge is 0.309 e. The molecule has 0 aliphatic heterocycles. The summed E-state index contributed by atoms with van der Waals surface area (Å²) in [5.74, 6) is 1.92. The molecule has 3 heteroatoms. The van der Waals surface area contributed by atoms with Gasteiger partial charge in [0.1, 0.15) is 0 Å². The number of rotatable bonds is 6. The van der Waals surface area contributed by atoms with Gasteiger partial charge in [-0.25, -0.2) is 0 Å². The van der Waals surface area contributed by atoms with Gasteiger partial charge in [-0.15, -0.1) is 11.3 Å². The van der Waals surface area contributed by atoms with Crippen molar-refractivity contribution in [3.05, 3.63) is 21.3 Å². The lowest BCUT2D eigenvalue weighted by molar-refractivity contribution is 0.214. The molecule has 1 aromatic heterocycles. The van der Waals surface area contributed by atoms with Crippen molar-refractivity contribution in [1.82, 2.24) is 5.32 Å². The molecule has 1 N–H and O–H groups in total. The second-order valence-corrected chi connectivity index (χ2v) is 6.59. The van der Waals surface area contributed by atoms with Crippen LogP contribution < -0.4 is 5.32 Å². The Labute approximate surface area is 115 Å². The van der Waals surface area contributed by atoms with Crippen molar-refractivity contribution in [2.75, 3.05) is 6.54 Å². The van der Waals surface area contributed by atoms with E-state index in [0.717, 1.165) is 11.6 Å². The van der Waals surface area contributed by atoms with Gasteiger partial charge in [0.25, 0.3) is 0 Å². The fourth-order valence-corrected chi connectivity index (χ4v) is 4.00. The fourth-order valence-electron chi connectivity index (χ4n) is 2.69. The van der Waals surface area contributed by atoms with Crippen molar-refractivity contribution >= 4 is 22.9 Å². The summed E-state index contributed by atoms with van der Waals surface area (Å²) in [5, 5.41) is 6.61. The van der Waals surface area contributed by atoms with Gasteiger partial charge in [0, 0.05) is 10.9 Å². The maximum absolute atomic E-state index is 6.29. The first-order chi connectivity index (χ1) is 7.99. The van der Waals surface area contributed by atoms with E-state index < -0.39 is 0 Å². The van der Waals surface area contributed by atoms with Crippen molar-refractivity contribution in [1.29, 1.82) is 0 Å². The summed E-state index contributed by atoms with van der Waals surface area (Å²) in [6.07, 6.45) is 0. The van der Waals surface area contributed by atoms with E-state index in [1.165, 1.54) is 4.88 Å². The molecule has 0 saturated heterocycles. The summed E-state index contributed by atoms with van der Waals surface area (Å²) in [6, 6.07) is 2.39. The number of halogens is 1. The van der Waals surface area contributed by atoms with E-state index >= 15 is 0 Å². The van der Waals surface area contributed by atoms with Crippen LogP contribution >= 0.6 is 22.9 Å². The van der Waals surface area contributed by atoms with E-state index in [1.807, 2.05) is 6.07 Å². The highest BCUT2D eigenvalue weighted by atomic mass is 35.5. The van der Waals surface area contributed by atoms with E-state index in [0.29, 0.717) is 23.8 Å². The third-order valence-electron chi connectivity index (χ3n) is 3.28. The molecule has 0 aromatic carbocycles.